The normalized spacial score (nSPS) is 11.0. The minimum absolute atomic E-state index is 0.141. The quantitative estimate of drug-likeness (QED) is 0.484. The van der Waals surface area contributed by atoms with Gasteiger partial charge in [-0.3, -0.25) is 10.1 Å². The number of methoxy groups -OCH3 is 1. The molecule has 0 N–H and O–H groups in total. The van der Waals surface area contributed by atoms with Crippen LogP contribution in [0.1, 0.15) is 5.56 Å². The molecule has 0 saturated carbocycles. The molecule has 1 heterocycles. The van der Waals surface area contributed by atoms with Gasteiger partial charge in [0.2, 0.25) is 0 Å². The summed E-state index contributed by atoms with van der Waals surface area (Å²) < 4.78 is 7.14. The zero-order valence-electron chi connectivity index (χ0n) is 12.3. The Morgan fingerprint density at radius 2 is 1.83 bits per heavy atom. The third-order valence-corrected chi connectivity index (χ3v) is 4.24. The molecule has 118 valence electrons. The zero-order valence-corrected chi connectivity index (χ0v) is 13.9. The van der Waals surface area contributed by atoms with Crippen molar-refractivity contribution in [3.05, 3.63) is 62.3 Å². The second kappa shape index (κ2) is 5.76. The maximum atomic E-state index is 10.9. The van der Waals surface area contributed by atoms with Gasteiger partial charge in [0, 0.05) is 23.7 Å². The summed E-state index contributed by atoms with van der Waals surface area (Å²) in [6.07, 6.45) is 1.82. The molecule has 0 aliphatic carbocycles. The second-order valence-corrected chi connectivity index (χ2v) is 5.90. The van der Waals surface area contributed by atoms with Gasteiger partial charge in [-0.05, 0) is 30.7 Å². The second-order valence-electron chi connectivity index (χ2n) is 5.08. The number of rotatable bonds is 3. The van der Waals surface area contributed by atoms with Gasteiger partial charge < -0.3 is 9.30 Å². The van der Waals surface area contributed by atoms with Crippen LogP contribution < -0.4 is 4.74 Å². The van der Waals surface area contributed by atoms with Gasteiger partial charge in [-0.2, -0.15) is 0 Å². The number of nitro benzene ring substituents is 1. The van der Waals surface area contributed by atoms with Crippen molar-refractivity contribution < 1.29 is 9.66 Å². The highest BCUT2D eigenvalue weighted by Gasteiger charge is 2.17. The molecule has 0 radical (unpaired) electrons. The largest absolute Gasteiger partial charge is 0.496 e. The fourth-order valence-corrected chi connectivity index (χ4v) is 3.23. The highest BCUT2D eigenvalue weighted by molar-refractivity contribution is 6.38. The molecular formula is C16H12Cl2N2O3. The molecule has 0 aliphatic rings. The summed E-state index contributed by atoms with van der Waals surface area (Å²) in [5.41, 5.74) is 2.23. The molecule has 2 aromatic carbocycles. The Labute approximate surface area is 142 Å². The molecule has 0 fully saturated rings. The fraction of sp³-hybridized carbons (Fsp3) is 0.125. The number of benzene rings is 2. The fourth-order valence-electron chi connectivity index (χ4n) is 2.57. The molecule has 0 unspecified atom stereocenters. The van der Waals surface area contributed by atoms with E-state index in [9.17, 15) is 10.1 Å². The van der Waals surface area contributed by atoms with Gasteiger partial charge in [0.1, 0.15) is 5.75 Å². The average Bonchev–Trinajstić information content (AvgIpc) is 2.88. The van der Waals surface area contributed by atoms with Crippen LogP contribution in [0.5, 0.6) is 5.75 Å². The number of aryl methyl sites for hydroxylation is 1. The Bertz CT molecular complexity index is 911. The molecule has 23 heavy (non-hydrogen) atoms. The Morgan fingerprint density at radius 3 is 2.39 bits per heavy atom. The number of hydrogen-bond acceptors (Lipinski definition) is 3. The molecule has 3 rings (SSSR count). The number of hydrogen-bond donors (Lipinski definition) is 0. The van der Waals surface area contributed by atoms with E-state index in [4.69, 9.17) is 27.9 Å². The van der Waals surface area contributed by atoms with Gasteiger partial charge in [-0.1, -0.05) is 23.2 Å². The summed E-state index contributed by atoms with van der Waals surface area (Å²) in [7, 11) is 1.62. The minimum Gasteiger partial charge on any atom is -0.496 e. The van der Waals surface area contributed by atoms with Gasteiger partial charge in [0.15, 0.2) is 0 Å². The molecule has 5 nitrogen and oxygen atoms in total. The van der Waals surface area contributed by atoms with E-state index in [1.807, 2.05) is 35.9 Å². The van der Waals surface area contributed by atoms with Gasteiger partial charge in [-0.25, -0.2) is 0 Å². The van der Waals surface area contributed by atoms with E-state index < -0.39 is 4.92 Å². The first-order chi connectivity index (χ1) is 10.9. The van der Waals surface area contributed by atoms with Crippen molar-refractivity contribution in [1.82, 2.24) is 4.57 Å². The van der Waals surface area contributed by atoms with Gasteiger partial charge in [0.05, 0.1) is 33.3 Å². The average molecular weight is 351 g/mol. The van der Waals surface area contributed by atoms with Crippen molar-refractivity contribution in [3.63, 3.8) is 0 Å². The molecule has 3 aromatic rings. The van der Waals surface area contributed by atoms with Crippen LogP contribution in [0.4, 0.5) is 5.69 Å². The van der Waals surface area contributed by atoms with E-state index in [1.165, 1.54) is 12.1 Å². The SMILES string of the molecule is COc1cc2ccn(-c3c(Cl)cc([N+](=O)[O-])cc3Cl)c2cc1C. The van der Waals surface area contributed by atoms with Crippen molar-refractivity contribution >= 4 is 39.8 Å². The summed E-state index contributed by atoms with van der Waals surface area (Å²) in [6.45, 7) is 1.94. The number of halogens is 2. The molecule has 7 heteroatoms. The van der Waals surface area contributed by atoms with E-state index in [0.29, 0.717) is 5.69 Å². The summed E-state index contributed by atoms with van der Waals surface area (Å²) in [5, 5.41) is 12.3. The Hall–Kier alpha value is -2.24. The maximum absolute atomic E-state index is 10.9. The van der Waals surface area contributed by atoms with E-state index in [1.54, 1.807) is 7.11 Å². The molecule has 0 atom stereocenters. The summed E-state index contributed by atoms with van der Waals surface area (Å²) in [4.78, 5) is 10.4. The molecular weight excluding hydrogens is 339 g/mol. The third-order valence-electron chi connectivity index (χ3n) is 3.66. The van der Waals surface area contributed by atoms with Crippen LogP contribution in [0, 0.1) is 17.0 Å². The maximum Gasteiger partial charge on any atom is 0.272 e. The number of fused-ring (bicyclic) bond motifs is 1. The van der Waals surface area contributed by atoms with Gasteiger partial charge in [-0.15, -0.1) is 0 Å². The van der Waals surface area contributed by atoms with Crippen LogP contribution >= 0.6 is 23.2 Å². The van der Waals surface area contributed by atoms with Crippen LogP contribution in [-0.2, 0) is 0 Å². The molecule has 0 aliphatic heterocycles. The molecule has 1 aromatic heterocycles. The monoisotopic (exact) mass is 350 g/mol. The van der Waals surface area contributed by atoms with Crippen molar-refractivity contribution in [2.75, 3.05) is 7.11 Å². The van der Waals surface area contributed by atoms with Crippen LogP contribution in [-0.4, -0.2) is 16.6 Å². The summed E-state index contributed by atoms with van der Waals surface area (Å²) in [5.74, 6) is 0.788. The number of ether oxygens (including phenoxy) is 1. The molecule has 0 amide bonds. The Balaban J connectivity index is 2.25. The molecule has 0 bridgehead atoms. The smallest absolute Gasteiger partial charge is 0.272 e. The van der Waals surface area contributed by atoms with Crippen molar-refractivity contribution in [3.8, 4) is 11.4 Å². The van der Waals surface area contributed by atoms with Crippen LogP contribution in [0.15, 0.2) is 36.5 Å². The van der Waals surface area contributed by atoms with E-state index >= 15 is 0 Å². The first kappa shape index (κ1) is 15.6. The first-order valence-electron chi connectivity index (χ1n) is 6.72. The number of nitro groups is 1. The van der Waals surface area contributed by atoms with E-state index in [2.05, 4.69) is 0 Å². The number of aromatic nitrogens is 1. The first-order valence-corrected chi connectivity index (χ1v) is 7.47. The Morgan fingerprint density at radius 1 is 1.17 bits per heavy atom. The predicted octanol–water partition coefficient (Wildman–Crippen LogP) is 5.16. The lowest BCUT2D eigenvalue weighted by Gasteiger charge is -2.11. The van der Waals surface area contributed by atoms with E-state index in [0.717, 1.165) is 22.2 Å². The lowest BCUT2D eigenvalue weighted by atomic mass is 10.1. The molecule has 0 spiro atoms. The lowest BCUT2D eigenvalue weighted by molar-refractivity contribution is -0.384. The van der Waals surface area contributed by atoms with Gasteiger partial charge >= 0.3 is 0 Å². The highest BCUT2D eigenvalue weighted by Crippen LogP contribution is 2.36. The zero-order chi connectivity index (χ0) is 16.7. The van der Waals surface area contributed by atoms with Crippen LogP contribution in [0.3, 0.4) is 0 Å². The molecule has 0 saturated heterocycles. The van der Waals surface area contributed by atoms with E-state index in [-0.39, 0.29) is 15.7 Å². The minimum atomic E-state index is -0.523. The summed E-state index contributed by atoms with van der Waals surface area (Å²) >= 11 is 12.5. The summed E-state index contributed by atoms with van der Waals surface area (Å²) in [6, 6.07) is 8.39. The van der Waals surface area contributed by atoms with Crippen LogP contribution in [0.2, 0.25) is 10.0 Å². The van der Waals surface area contributed by atoms with Crippen LogP contribution in [0.25, 0.3) is 16.6 Å². The van der Waals surface area contributed by atoms with Crippen molar-refractivity contribution in [1.29, 1.82) is 0 Å². The standard InChI is InChI=1S/C16H12Cl2N2O3/c1-9-5-14-10(6-15(9)23-2)3-4-19(14)16-12(17)7-11(20(21)22)8-13(16)18/h3-8H,1-2H3. The van der Waals surface area contributed by atoms with Crippen molar-refractivity contribution in [2.45, 2.75) is 6.92 Å². The number of nitrogens with zero attached hydrogens (tertiary/aromatic N) is 2. The topological polar surface area (TPSA) is 57.3 Å². The van der Waals surface area contributed by atoms with Gasteiger partial charge in [0.25, 0.3) is 5.69 Å². The third kappa shape index (κ3) is 2.62. The predicted molar refractivity (Wildman–Crippen MR) is 91.2 cm³/mol. The highest BCUT2D eigenvalue weighted by atomic mass is 35.5. The Kier molecular flexibility index (Phi) is 3.92. The number of non-ortho nitro benzene ring substituents is 1. The van der Waals surface area contributed by atoms with Crippen molar-refractivity contribution in [2.24, 2.45) is 0 Å². The lowest BCUT2D eigenvalue weighted by Crippen LogP contribution is -1.97.